The number of nitrogens with zero attached hydrogens (tertiary/aromatic N) is 4. The van der Waals surface area contributed by atoms with Crippen molar-refractivity contribution in [2.75, 3.05) is 45.9 Å². The summed E-state index contributed by atoms with van der Waals surface area (Å²) in [5.41, 5.74) is 2.22. The molecule has 1 aromatic heterocycles. The summed E-state index contributed by atoms with van der Waals surface area (Å²) in [5.74, 6) is 0.554. The Bertz CT molecular complexity index is 770. The summed E-state index contributed by atoms with van der Waals surface area (Å²) in [7, 11) is 0. The average molecular weight is 403 g/mol. The topological polar surface area (TPSA) is 66.7 Å². The van der Waals surface area contributed by atoms with Crippen LogP contribution in [0.1, 0.15) is 24.1 Å². The maximum Gasteiger partial charge on any atom is 0.191 e. The molecule has 2 aromatic rings. The number of ether oxygens (including phenoxy) is 1. The summed E-state index contributed by atoms with van der Waals surface area (Å²) < 4.78 is 20.8. The maximum atomic E-state index is 13.4. The van der Waals surface area contributed by atoms with Gasteiger partial charge >= 0.3 is 0 Å². The highest BCUT2D eigenvalue weighted by molar-refractivity contribution is 5.79. The van der Waals surface area contributed by atoms with Crippen molar-refractivity contribution in [2.24, 2.45) is 4.99 Å². The van der Waals surface area contributed by atoms with Crippen LogP contribution in [0.25, 0.3) is 0 Å². The van der Waals surface area contributed by atoms with Crippen molar-refractivity contribution in [1.29, 1.82) is 0 Å². The summed E-state index contributed by atoms with van der Waals surface area (Å²) in [4.78, 5) is 7.17. The summed E-state index contributed by atoms with van der Waals surface area (Å²) in [6.45, 7) is 10.1. The minimum atomic E-state index is -0.221. The quantitative estimate of drug-likeness (QED) is 0.522. The van der Waals surface area contributed by atoms with Crippen LogP contribution in [0.15, 0.2) is 41.7 Å². The standard InChI is InChI=1S/C21H31FN6O/c1-3-23-21(24-8-9-28-16-17(2)14-26-28)25-15-20(27-10-12-29-13-11-27)18-4-6-19(22)7-5-18/h4-7,14,16,20H,3,8-13,15H2,1-2H3,(H2,23,24,25). The second-order valence-electron chi connectivity index (χ2n) is 7.14. The van der Waals surface area contributed by atoms with E-state index in [2.05, 4.69) is 20.6 Å². The van der Waals surface area contributed by atoms with Crippen LogP contribution in [-0.4, -0.2) is 66.6 Å². The smallest absolute Gasteiger partial charge is 0.191 e. The Morgan fingerprint density at radius 3 is 2.66 bits per heavy atom. The van der Waals surface area contributed by atoms with E-state index in [1.54, 1.807) is 0 Å². The van der Waals surface area contributed by atoms with Crippen LogP contribution >= 0.6 is 0 Å². The Labute approximate surface area is 172 Å². The van der Waals surface area contributed by atoms with Gasteiger partial charge in [0.15, 0.2) is 5.96 Å². The van der Waals surface area contributed by atoms with Gasteiger partial charge in [0, 0.05) is 32.4 Å². The van der Waals surface area contributed by atoms with Gasteiger partial charge in [-0.2, -0.15) is 5.10 Å². The zero-order valence-electron chi connectivity index (χ0n) is 17.3. The highest BCUT2D eigenvalue weighted by atomic mass is 19.1. The number of nitrogens with one attached hydrogen (secondary N) is 2. The van der Waals surface area contributed by atoms with E-state index in [0.717, 1.165) is 49.8 Å². The van der Waals surface area contributed by atoms with Crippen LogP contribution in [0.3, 0.4) is 0 Å². The summed E-state index contributed by atoms with van der Waals surface area (Å²) >= 11 is 0. The number of benzene rings is 1. The number of halogens is 1. The maximum absolute atomic E-state index is 13.4. The van der Waals surface area contributed by atoms with Crippen molar-refractivity contribution < 1.29 is 9.13 Å². The zero-order valence-corrected chi connectivity index (χ0v) is 17.3. The molecule has 1 aliphatic heterocycles. The Kier molecular flexibility index (Phi) is 8.01. The van der Waals surface area contributed by atoms with Gasteiger partial charge in [0.25, 0.3) is 0 Å². The van der Waals surface area contributed by atoms with E-state index >= 15 is 0 Å². The van der Waals surface area contributed by atoms with Gasteiger partial charge < -0.3 is 15.4 Å². The molecule has 0 aliphatic carbocycles. The molecule has 8 heteroatoms. The first-order valence-corrected chi connectivity index (χ1v) is 10.2. The van der Waals surface area contributed by atoms with Gasteiger partial charge in [-0.25, -0.2) is 4.39 Å². The molecule has 1 fully saturated rings. The first kappa shape index (κ1) is 21.3. The molecule has 1 saturated heterocycles. The Morgan fingerprint density at radius 2 is 2.00 bits per heavy atom. The number of hydrogen-bond acceptors (Lipinski definition) is 4. The molecule has 0 spiro atoms. The molecule has 1 aliphatic rings. The van der Waals surface area contributed by atoms with Gasteiger partial charge in [0.2, 0.25) is 0 Å². The predicted octanol–water partition coefficient (Wildman–Crippen LogP) is 1.96. The lowest BCUT2D eigenvalue weighted by atomic mass is 10.0. The molecule has 1 unspecified atom stereocenters. The molecule has 2 heterocycles. The van der Waals surface area contributed by atoms with Crippen LogP contribution in [0.2, 0.25) is 0 Å². The molecule has 29 heavy (non-hydrogen) atoms. The zero-order chi connectivity index (χ0) is 20.5. The molecule has 158 valence electrons. The molecule has 0 bridgehead atoms. The van der Waals surface area contributed by atoms with Gasteiger partial charge in [0.05, 0.1) is 38.5 Å². The minimum Gasteiger partial charge on any atom is -0.379 e. The van der Waals surface area contributed by atoms with E-state index in [4.69, 9.17) is 9.73 Å². The van der Waals surface area contributed by atoms with Crippen molar-refractivity contribution in [3.8, 4) is 0 Å². The van der Waals surface area contributed by atoms with Crippen molar-refractivity contribution >= 4 is 5.96 Å². The van der Waals surface area contributed by atoms with Crippen molar-refractivity contribution in [1.82, 2.24) is 25.3 Å². The minimum absolute atomic E-state index is 0.0868. The first-order valence-electron chi connectivity index (χ1n) is 10.2. The number of rotatable bonds is 8. The predicted molar refractivity (Wildman–Crippen MR) is 112 cm³/mol. The average Bonchev–Trinajstić information content (AvgIpc) is 3.15. The molecule has 3 rings (SSSR count). The molecular formula is C21H31FN6O. The fourth-order valence-corrected chi connectivity index (χ4v) is 3.40. The van der Waals surface area contributed by atoms with Crippen LogP contribution < -0.4 is 10.6 Å². The Hall–Kier alpha value is -2.45. The molecule has 0 radical (unpaired) electrons. The molecule has 2 N–H and O–H groups in total. The van der Waals surface area contributed by atoms with Crippen LogP contribution in [-0.2, 0) is 11.3 Å². The normalized spacial score (nSPS) is 16.6. The van der Waals surface area contributed by atoms with E-state index < -0.39 is 0 Å². The van der Waals surface area contributed by atoms with Gasteiger partial charge in [0.1, 0.15) is 5.82 Å². The number of hydrogen-bond donors (Lipinski definition) is 2. The highest BCUT2D eigenvalue weighted by Gasteiger charge is 2.22. The highest BCUT2D eigenvalue weighted by Crippen LogP contribution is 2.22. The number of morpholine rings is 1. The molecule has 1 atom stereocenters. The van der Waals surface area contributed by atoms with E-state index in [1.807, 2.05) is 43.1 Å². The lowest BCUT2D eigenvalue weighted by Gasteiger charge is -2.34. The largest absolute Gasteiger partial charge is 0.379 e. The lowest BCUT2D eigenvalue weighted by Crippen LogP contribution is -2.42. The third-order valence-electron chi connectivity index (χ3n) is 4.90. The molecule has 1 aromatic carbocycles. The Balaban J connectivity index is 1.65. The monoisotopic (exact) mass is 402 g/mol. The number of guanidine groups is 1. The lowest BCUT2D eigenvalue weighted by molar-refractivity contribution is 0.0179. The van der Waals surface area contributed by atoms with Gasteiger partial charge in [-0.05, 0) is 37.1 Å². The van der Waals surface area contributed by atoms with Gasteiger partial charge in [-0.3, -0.25) is 14.6 Å². The fraction of sp³-hybridized carbons (Fsp3) is 0.524. The third kappa shape index (κ3) is 6.54. The van der Waals surface area contributed by atoms with E-state index in [1.165, 1.54) is 12.1 Å². The van der Waals surface area contributed by atoms with Crippen molar-refractivity contribution in [2.45, 2.75) is 26.4 Å². The third-order valence-corrected chi connectivity index (χ3v) is 4.90. The van der Waals surface area contributed by atoms with E-state index in [-0.39, 0.29) is 11.9 Å². The number of aliphatic imine (C=N–C) groups is 1. The van der Waals surface area contributed by atoms with Crippen molar-refractivity contribution in [3.63, 3.8) is 0 Å². The van der Waals surface area contributed by atoms with Crippen LogP contribution in [0.5, 0.6) is 0 Å². The van der Waals surface area contributed by atoms with Crippen LogP contribution in [0.4, 0.5) is 4.39 Å². The van der Waals surface area contributed by atoms with Gasteiger partial charge in [-0.15, -0.1) is 0 Å². The Morgan fingerprint density at radius 1 is 1.24 bits per heavy atom. The second kappa shape index (κ2) is 10.9. The van der Waals surface area contributed by atoms with Gasteiger partial charge in [-0.1, -0.05) is 12.1 Å². The molecule has 0 saturated carbocycles. The van der Waals surface area contributed by atoms with E-state index in [0.29, 0.717) is 19.8 Å². The molecular weight excluding hydrogens is 371 g/mol. The van der Waals surface area contributed by atoms with Crippen molar-refractivity contribution in [3.05, 3.63) is 53.6 Å². The van der Waals surface area contributed by atoms with E-state index in [9.17, 15) is 4.39 Å². The summed E-state index contributed by atoms with van der Waals surface area (Å²) in [5, 5.41) is 11.0. The van der Waals surface area contributed by atoms with Crippen LogP contribution in [0, 0.1) is 12.7 Å². The number of aryl methyl sites for hydroxylation is 1. The molecule has 7 nitrogen and oxygen atoms in total. The summed E-state index contributed by atoms with van der Waals surface area (Å²) in [6.07, 6.45) is 3.88. The SMILES string of the molecule is CCNC(=NCC(c1ccc(F)cc1)N1CCOCC1)NCCn1cc(C)cn1. The molecule has 0 amide bonds. The first-order chi connectivity index (χ1) is 14.2. The number of aromatic nitrogens is 2. The second-order valence-corrected chi connectivity index (χ2v) is 7.14. The fourth-order valence-electron chi connectivity index (χ4n) is 3.40. The summed E-state index contributed by atoms with van der Waals surface area (Å²) in [6, 6.07) is 6.82.